The summed E-state index contributed by atoms with van der Waals surface area (Å²) in [6.07, 6.45) is 1.81. The van der Waals surface area contributed by atoms with E-state index in [1.54, 1.807) is 0 Å². The van der Waals surface area contributed by atoms with E-state index in [0.717, 1.165) is 16.5 Å². The van der Waals surface area contributed by atoms with Crippen LogP contribution in [0.5, 0.6) is 0 Å². The van der Waals surface area contributed by atoms with E-state index in [2.05, 4.69) is 28.9 Å². The minimum atomic E-state index is -0.159. The molecule has 0 saturated heterocycles. The molecule has 1 aromatic carbocycles. The van der Waals surface area contributed by atoms with Crippen LogP contribution in [0.3, 0.4) is 0 Å². The average Bonchev–Trinajstić information content (AvgIpc) is 2.82. The Balaban J connectivity index is 2.44. The van der Waals surface area contributed by atoms with Crippen molar-refractivity contribution in [3.63, 3.8) is 0 Å². The molecule has 0 aliphatic carbocycles. The Morgan fingerprint density at radius 1 is 1.50 bits per heavy atom. The van der Waals surface area contributed by atoms with E-state index in [0.29, 0.717) is 6.54 Å². The van der Waals surface area contributed by atoms with Gasteiger partial charge in [-0.3, -0.25) is 4.57 Å². The van der Waals surface area contributed by atoms with E-state index in [1.807, 2.05) is 42.7 Å². The van der Waals surface area contributed by atoms with Crippen LogP contribution in [-0.4, -0.2) is 20.0 Å². The van der Waals surface area contributed by atoms with E-state index in [1.165, 1.54) is 17.3 Å². The van der Waals surface area contributed by atoms with Crippen molar-refractivity contribution in [3.05, 3.63) is 42.5 Å². The van der Waals surface area contributed by atoms with Crippen molar-refractivity contribution >= 4 is 11.8 Å². The van der Waals surface area contributed by atoms with Gasteiger partial charge in [-0.1, -0.05) is 41.6 Å². The molecule has 2 rings (SSSR count). The molecular weight excluding hydrogens is 268 g/mol. The highest BCUT2D eigenvalue weighted by atomic mass is 32.2. The van der Waals surface area contributed by atoms with Gasteiger partial charge in [0.2, 0.25) is 0 Å². The molecule has 0 saturated carbocycles. The van der Waals surface area contributed by atoms with Gasteiger partial charge < -0.3 is 0 Å². The Labute approximate surface area is 123 Å². The van der Waals surface area contributed by atoms with Crippen LogP contribution in [-0.2, 0) is 6.54 Å². The maximum atomic E-state index is 8.93. The predicted molar refractivity (Wildman–Crippen MR) is 81.3 cm³/mol. The van der Waals surface area contributed by atoms with E-state index in [4.69, 9.17) is 5.26 Å². The van der Waals surface area contributed by atoms with Crippen molar-refractivity contribution in [2.45, 2.75) is 30.8 Å². The van der Waals surface area contributed by atoms with Crippen molar-refractivity contribution in [1.82, 2.24) is 14.8 Å². The van der Waals surface area contributed by atoms with Crippen LogP contribution in [0.4, 0.5) is 0 Å². The highest BCUT2D eigenvalue weighted by Crippen LogP contribution is 2.26. The maximum Gasteiger partial charge on any atom is 0.193 e. The van der Waals surface area contributed by atoms with Gasteiger partial charge in [-0.05, 0) is 19.9 Å². The average molecular weight is 284 g/mol. The molecule has 1 aromatic heterocycles. The first-order chi connectivity index (χ1) is 9.65. The fourth-order valence-electron chi connectivity index (χ4n) is 1.85. The van der Waals surface area contributed by atoms with Gasteiger partial charge in [0.05, 0.1) is 11.3 Å². The summed E-state index contributed by atoms with van der Waals surface area (Å²) in [6, 6.07) is 10.3. The maximum absolute atomic E-state index is 8.93. The number of aromatic nitrogens is 3. The highest BCUT2D eigenvalue weighted by Gasteiger charge is 2.15. The molecule has 5 heteroatoms. The smallest absolute Gasteiger partial charge is 0.193 e. The number of benzene rings is 1. The normalized spacial score (nSPS) is 11.8. The second-order valence-corrected chi connectivity index (χ2v) is 5.77. The van der Waals surface area contributed by atoms with Gasteiger partial charge in [0.1, 0.15) is 0 Å². The van der Waals surface area contributed by atoms with Gasteiger partial charge in [-0.15, -0.1) is 16.8 Å². The largest absolute Gasteiger partial charge is 0.298 e. The number of rotatable bonds is 5. The molecule has 20 heavy (non-hydrogen) atoms. The number of nitrogens with zero attached hydrogens (tertiary/aromatic N) is 4. The zero-order chi connectivity index (χ0) is 14.5. The number of aryl methyl sites for hydroxylation is 1. The molecule has 4 nitrogen and oxygen atoms in total. The quantitative estimate of drug-likeness (QED) is 0.623. The topological polar surface area (TPSA) is 54.5 Å². The van der Waals surface area contributed by atoms with Crippen LogP contribution in [0.1, 0.15) is 12.5 Å². The summed E-state index contributed by atoms with van der Waals surface area (Å²) < 4.78 is 1.99. The summed E-state index contributed by atoms with van der Waals surface area (Å²) in [5, 5.41) is 18.0. The Morgan fingerprint density at radius 2 is 2.30 bits per heavy atom. The number of nitriles is 1. The van der Waals surface area contributed by atoms with Gasteiger partial charge in [0.15, 0.2) is 11.0 Å². The third kappa shape index (κ3) is 3.09. The van der Waals surface area contributed by atoms with Crippen molar-refractivity contribution in [3.8, 4) is 17.5 Å². The van der Waals surface area contributed by atoms with Gasteiger partial charge in [0.25, 0.3) is 0 Å². The first-order valence-corrected chi connectivity index (χ1v) is 7.21. The van der Waals surface area contributed by atoms with E-state index < -0.39 is 0 Å². The van der Waals surface area contributed by atoms with E-state index >= 15 is 0 Å². The lowest BCUT2D eigenvalue weighted by Gasteiger charge is -2.08. The number of allylic oxidation sites excluding steroid dienone is 1. The van der Waals surface area contributed by atoms with Gasteiger partial charge in [-0.25, -0.2) is 0 Å². The number of hydrogen-bond acceptors (Lipinski definition) is 4. The summed E-state index contributed by atoms with van der Waals surface area (Å²) in [7, 11) is 0. The minimum Gasteiger partial charge on any atom is -0.298 e. The van der Waals surface area contributed by atoms with Crippen molar-refractivity contribution in [2.24, 2.45) is 0 Å². The standard InChI is InChI=1S/C15H16N4S/c1-4-8-19-14(13-7-5-6-11(2)9-13)17-18-15(19)20-12(3)10-16/h4-7,9,12H,1,8H2,2-3H3/t12-/m1/s1. The Morgan fingerprint density at radius 3 is 2.95 bits per heavy atom. The van der Waals surface area contributed by atoms with Gasteiger partial charge >= 0.3 is 0 Å². The van der Waals surface area contributed by atoms with Crippen molar-refractivity contribution in [2.75, 3.05) is 0 Å². The third-order valence-corrected chi connectivity index (χ3v) is 3.74. The predicted octanol–water partition coefficient (Wildman–Crippen LogP) is 3.44. The third-order valence-electron chi connectivity index (χ3n) is 2.77. The second-order valence-electron chi connectivity index (χ2n) is 4.46. The zero-order valence-corrected chi connectivity index (χ0v) is 12.4. The molecule has 0 aliphatic rings. The molecule has 2 aromatic rings. The summed E-state index contributed by atoms with van der Waals surface area (Å²) in [4.78, 5) is 0. The Bertz CT molecular complexity index is 654. The molecule has 0 radical (unpaired) electrons. The lowest BCUT2D eigenvalue weighted by Crippen LogP contribution is -2.02. The van der Waals surface area contributed by atoms with Crippen LogP contribution < -0.4 is 0 Å². The first kappa shape index (κ1) is 14.4. The highest BCUT2D eigenvalue weighted by molar-refractivity contribution is 8.00. The Kier molecular flexibility index (Phi) is 4.59. The molecule has 0 aliphatic heterocycles. The number of hydrogen-bond donors (Lipinski definition) is 0. The van der Waals surface area contributed by atoms with Crippen LogP contribution >= 0.6 is 11.8 Å². The zero-order valence-electron chi connectivity index (χ0n) is 11.6. The second kappa shape index (κ2) is 6.40. The van der Waals surface area contributed by atoms with Crippen LogP contribution in [0.2, 0.25) is 0 Å². The summed E-state index contributed by atoms with van der Waals surface area (Å²) in [5.41, 5.74) is 2.20. The summed E-state index contributed by atoms with van der Waals surface area (Å²) >= 11 is 1.41. The molecular formula is C15H16N4S. The molecule has 0 unspecified atom stereocenters. The van der Waals surface area contributed by atoms with Crippen molar-refractivity contribution < 1.29 is 0 Å². The molecule has 0 bridgehead atoms. The molecule has 0 amide bonds. The summed E-state index contributed by atoms with van der Waals surface area (Å²) in [5.74, 6) is 0.807. The first-order valence-electron chi connectivity index (χ1n) is 6.33. The van der Waals surface area contributed by atoms with Crippen LogP contribution in [0.25, 0.3) is 11.4 Å². The Hall–Kier alpha value is -2.06. The molecule has 0 N–H and O–H groups in total. The molecule has 1 heterocycles. The number of thioether (sulfide) groups is 1. The summed E-state index contributed by atoms with van der Waals surface area (Å²) in [6.45, 7) is 8.30. The lowest BCUT2D eigenvalue weighted by molar-refractivity contribution is 0.730. The monoisotopic (exact) mass is 284 g/mol. The van der Waals surface area contributed by atoms with E-state index in [9.17, 15) is 0 Å². The molecule has 102 valence electrons. The van der Waals surface area contributed by atoms with Crippen LogP contribution in [0.15, 0.2) is 42.1 Å². The molecule has 0 spiro atoms. The van der Waals surface area contributed by atoms with Gasteiger partial charge in [0, 0.05) is 12.1 Å². The minimum absolute atomic E-state index is 0.159. The van der Waals surface area contributed by atoms with Crippen molar-refractivity contribution in [1.29, 1.82) is 5.26 Å². The fourth-order valence-corrected chi connectivity index (χ4v) is 2.60. The van der Waals surface area contributed by atoms with Crippen LogP contribution in [0, 0.1) is 18.3 Å². The lowest BCUT2D eigenvalue weighted by atomic mass is 10.1. The molecule has 1 atom stereocenters. The molecule has 0 fully saturated rings. The van der Waals surface area contributed by atoms with Gasteiger partial charge in [-0.2, -0.15) is 5.26 Å². The van der Waals surface area contributed by atoms with E-state index in [-0.39, 0.29) is 5.25 Å². The SMILES string of the molecule is C=CCn1c(S[C@H](C)C#N)nnc1-c1cccc(C)c1. The fraction of sp³-hybridized carbons (Fsp3) is 0.267.